The van der Waals surface area contributed by atoms with Gasteiger partial charge in [-0.2, -0.15) is 0 Å². The lowest BCUT2D eigenvalue weighted by Crippen LogP contribution is -2.49. The topological polar surface area (TPSA) is 67.4 Å². The molecule has 7 nitrogen and oxygen atoms in total. The Morgan fingerprint density at radius 2 is 1.68 bits per heavy atom. The van der Waals surface area contributed by atoms with E-state index in [1.165, 1.54) is 0 Å². The number of nitrogens with zero attached hydrogens (tertiary/aromatic N) is 2. The van der Waals surface area contributed by atoms with E-state index in [9.17, 15) is 0 Å². The lowest BCUT2D eigenvalue weighted by molar-refractivity contribution is 0.167. The molecule has 28 heavy (non-hydrogen) atoms. The lowest BCUT2D eigenvalue weighted by atomic mass is 10.0. The van der Waals surface area contributed by atoms with Crippen molar-refractivity contribution < 1.29 is 14.2 Å². The van der Waals surface area contributed by atoms with Crippen LogP contribution in [0.3, 0.4) is 0 Å². The second-order valence-corrected chi connectivity index (χ2v) is 7.26. The van der Waals surface area contributed by atoms with E-state index in [4.69, 9.17) is 19.2 Å². The summed E-state index contributed by atoms with van der Waals surface area (Å²) in [5.74, 6) is 2.89. The molecule has 0 unspecified atom stereocenters. The van der Waals surface area contributed by atoms with Crippen LogP contribution in [0.5, 0.6) is 17.2 Å². The maximum Gasteiger partial charge on any atom is 0.191 e. The van der Waals surface area contributed by atoms with Crippen molar-refractivity contribution in [2.45, 2.75) is 52.2 Å². The Bertz CT molecular complexity index is 641. The molecule has 0 saturated carbocycles. The molecule has 1 aromatic carbocycles. The Labute approximate surface area is 169 Å². The molecule has 0 amide bonds. The fourth-order valence-corrected chi connectivity index (χ4v) is 3.45. The fourth-order valence-electron chi connectivity index (χ4n) is 3.45. The highest BCUT2D eigenvalue weighted by Gasteiger charge is 2.21. The van der Waals surface area contributed by atoms with Crippen LogP contribution in [0.2, 0.25) is 0 Å². The maximum atomic E-state index is 5.51. The number of benzene rings is 1. The van der Waals surface area contributed by atoms with Crippen LogP contribution < -0.4 is 24.8 Å². The van der Waals surface area contributed by atoms with Gasteiger partial charge in [0.05, 0.1) is 27.9 Å². The first-order valence-corrected chi connectivity index (χ1v) is 10.1. The summed E-state index contributed by atoms with van der Waals surface area (Å²) in [5.41, 5.74) is 0.951. The van der Waals surface area contributed by atoms with Crippen molar-refractivity contribution in [1.29, 1.82) is 0 Å². The van der Waals surface area contributed by atoms with Crippen LogP contribution >= 0.6 is 0 Å². The van der Waals surface area contributed by atoms with Crippen molar-refractivity contribution in [3.8, 4) is 17.2 Å². The monoisotopic (exact) mass is 392 g/mol. The number of piperidine rings is 1. The molecule has 1 aliphatic heterocycles. The average molecular weight is 393 g/mol. The molecule has 0 bridgehead atoms. The van der Waals surface area contributed by atoms with Crippen LogP contribution in [0.1, 0.15) is 39.2 Å². The summed E-state index contributed by atoms with van der Waals surface area (Å²) >= 11 is 0. The van der Waals surface area contributed by atoms with E-state index in [1.54, 1.807) is 21.3 Å². The third kappa shape index (κ3) is 5.92. The Morgan fingerprint density at radius 1 is 1.07 bits per heavy atom. The number of methoxy groups -OCH3 is 3. The summed E-state index contributed by atoms with van der Waals surface area (Å²) < 4.78 is 16.3. The van der Waals surface area contributed by atoms with E-state index in [0.717, 1.165) is 49.7 Å². The largest absolute Gasteiger partial charge is 0.496 e. The van der Waals surface area contributed by atoms with Gasteiger partial charge < -0.3 is 29.7 Å². The zero-order valence-corrected chi connectivity index (χ0v) is 18.2. The summed E-state index contributed by atoms with van der Waals surface area (Å²) in [7, 11) is 4.90. The van der Waals surface area contributed by atoms with E-state index in [2.05, 4.69) is 36.3 Å². The quantitative estimate of drug-likeness (QED) is 0.524. The summed E-state index contributed by atoms with van der Waals surface area (Å²) in [4.78, 5) is 7.30. The van der Waals surface area contributed by atoms with E-state index in [1.807, 2.05) is 12.1 Å². The Kier molecular flexibility index (Phi) is 8.70. The molecule has 0 spiro atoms. The second kappa shape index (κ2) is 11.0. The summed E-state index contributed by atoms with van der Waals surface area (Å²) in [6.45, 7) is 10.2. The van der Waals surface area contributed by atoms with Gasteiger partial charge in [0, 0.05) is 43.3 Å². The first-order chi connectivity index (χ1) is 13.5. The standard InChI is InChI=1S/C21H36N4O3/c1-7-22-21(24-17-8-10-25(11-9-17)15(2)3)23-14-16-12-19(27-5)20(28-6)13-18(16)26-4/h12-13,15,17H,7-11,14H2,1-6H3,(H2,22,23,24). The van der Waals surface area contributed by atoms with Crippen molar-refractivity contribution in [1.82, 2.24) is 15.5 Å². The summed E-state index contributed by atoms with van der Waals surface area (Å²) in [6.07, 6.45) is 2.25. The van der Waals surface area contributed by atoms with Crippen molar-refractivity contribution in [3.05, 3.63) is 17.7 Å². The molecule has 2 N–H and O–H groups in total. The van der Waals surface area contributed by atoms with Crippen molar-refractivity contribution >= 4 is 5.96 Å². The van der Waals surface area contributed by atoms with Crippen LogP contribution in [0.25, 0.3) is 0 Å². The molecule has 158 valence electrons. The van der Waals surface area contributed by atoms with Gasteiger partial charge in [-0.25, -0.2) is 4.99 Å². The number of nitrogens with one attached hydrogen (secondary N) is 2. The number of rotatable bonds is 8. The SMILES string of the molecule is CCNC(=NCc1cc(OC)c(OC)cc1OC)NC1CCN(C(C)C)CC1. The number of aliphatic imine (C=N–C) groups is 1. The van der Waals surface area contributed by atoms with Gasteiger partial charge in [0.25, 0.3) is 0 Å². The average Bonchev–Trinajstić information content (AvgIpc) is 2.71. The van der Waals surface area contributed by atoms with Crippen molar-refractivity contribution in [2.75, 3.05) is 41.0 Å². The van der Waals surface area contributed by atoms with Crippen LogP contribution in [0.4, 0.5) is 0 Å². The highest BCUT2D eigenvalue weighted by Crippen LogP contribution is 2.34. The summed E-state index contributed by atoms with van der Waals surface area (Å²) in [5, 5.41) is 6.94. The molecule has 0 radical (unpaired) electrons. The molecule has 1 heterocycles. The zero-order chi connectivity index (χ0) is 20.5. The molecule has 1 aliphatic rings. The molecular weight excluding hydrogens is 356 g/mol. The van der Waals surface area contributed by atoms with Gasteiger partial charge >= 0.3 is 0 Å². The number of guanidine groups is 1. The van der Waals surface area contributed by atoms with Crippen molar-refractivity contribution in [2.24, 2.45) is 4.99 Å². The molecule has 0 aromatic heterocycles. The zero-order valence-electron chi connectivity index (χ0n) is 18.2. The number of ether oxygens (including phenoxy) is 3. The van der Waals surface area contributed by atoms with Gasteiger partial charge in [-0.15, -0.1) is 0 Å². The second-order valence-electron chi connectivity index (χ2n) is 7.26. The van der Waals surface area contributed by atoms with Crippen molar-refractivity contribution in [3.63, 3.8) is 0 Å². The van der Waals surface area contributed by atoms with Gasteiger partial charge in [0.15, 0.2) is 17.5 Å². The normalized spacial score (nSPS) is 16.2. The number of likely N-dealkylation sites (tertiary alicyclic amines) is 1. The highest BCUT2D eigenvalue weighted by atomic mass is 16.5. The highest BCUT2D eigenvalue weighted by molar-refractivity contribution is 5.80. The van der Waals surface area contributed by atoms with Crippen LogP contribution in [0.15, 0.2) is 17.1 Å². The minimum atomic E-state index is 0.445. The van der Waals surface area contributed by atoms with Gasteiger partial charge in [-0.05, 0) is 39.7 Å². The predicted molar refractivity (Wildman–Crippen MR) is 114 cm³/mol. The third-order valence-corrected chi connectivity index (χ3v) is 5.14. The molecule has 2 rings (SSSR count). The smallest absolute Gasteiger partial charge is 0.191 e. The number of hydrogen-bond donors (Lipinski definition) is 2. The minimum absolute atomic E-state index is 0.445. The predicted octanol–water partition coefficient (Wildman–Crippen LogP) is 2.64. The van der Waals surface area contributed by atoms with E-state index < -0.39 is 0 Å². The van der Waals surface area contributed by atoms with Gasteiger partial charge in [-0.3, -0.25) is 0 Å². The maximum absolute atomic E-state index is 5.51. The molecular formula is C21H36N4O3. The summed E-state index contributed by atoms with van der Waals surface area (Å²) in [6, 6.07) is 4.82. The van der Waals surface area contributed by atoms with Gasteiger partial charge in [0.2, 0.25) is 0 Å². The first kappa shape index (κ1) is 22.1. The molecule has 7 heteroatoms. The fraction of sp³-hybridized carbons (Fsp3) is 0.667. The Hall–Kier alpha value is -2.15. The molecule has 0 atom stereocenters. The lowest BCUT2D eigenvalue weighted by Gasteiger charge is -2.35. The van der Waals surface area contributed by atoms with E-state index in [0.29, 0.717) is 30.1 Å². The van der Waals surface area contributed by atoms with Gasteiger partial charge in [0.1, 0.15) is 5.75 Å². The molecule has 1 fully saturated rings. The molecule has 1 aromatic rings. The van der Waals surface area contributed by atoms with E-state index in [-0.39, 0.29) is 0 Å². The van der Waals surface area contributed by atoms with Crippen LogP contribution in [-0.4, -0.2) is 63.9 Å². The molecule has 0 aliphatic carbocycles. The van der Waals surface area contributed by atoms with E-state index >= 15 is 0 Å². The minimum Gasteiger partial charge on any atom is -0.496 e. The van der Waals surface area contributed by atoms with Crippen LogP contribution in [-0.2, 0) is 6.54 Å². The third-order valence-electron chi connectivity index (χ3n) is 5.14. The number of hydrogen-bond acceptors (Lipinski definition) is 5. The van der Waals surface area contributed by atoms with Crippen LogP contribution in [0, 0.1) is 0 Å². The van der Waals surface area contributed by atoms with Gasteiger partial charge in [-0.1, -0.05) is 0 Å². The first-order valence-electron chi connectivity index (χ1n) is 10.1. The Morgan fingerprint density at radius 3 is 2.21 bits per heavy atom. The molecule has 1 saturated heterocycles. The Balaban J connectivity index is 2.08.